The summed E-state index contributed by atoms with van der Waals surface area (Å²) in [6.45, 7) is 0. The molecule has 1 amide bonds. The summed E-state index contributed by atoms with van der Waals surface area (Å²) in [5.74, 6) is 0.673. The second kappa shape index (κ2) is 5.70. The van der Waals surface area contributed by atoms with E-state index < -0.39 is 0 Å². The molecule has 26 heavy (non-hydrogen) atoms. The lowest BCUT2D eigenvalue weighted by molar-refractivity contribution is -0.117. The van der Waals surface area contributed by atoms with Gasteiger partial charge >= 0.3 is 0 Å². The highest BCUT2D eigenvalue weighted by Crippen LogP contribution is 2.30. The van der Waals surface area contributed by atoms with Crippen LogP contribution in [0.4, 0.5) is 11.5 Å². The van der Waals surface area contributed by atoms with Gasteiger partial charge in [-0.05, 0) is 42.8 Å². The highest BCUT2D eigenvalue weighted by molar-refractivity contribution is 7.99. The first kappa shape index (κ1) is 15.1. The average molecular weight is 366 g/mol. The summed E-state index contributed by atoms with van der Waals surface area (Å²) >= 11 is 1.38. The van der Waals surface area contributed by atoms with Gasteiger partial charge < -0.3 is 11.1 Å². The van der Waals surface area contributed by atoms with Crippen molar-refractivity contribution >= 4 is 40.5 Å². The number of nitrogens with two attached hydrogens (primary N) is 1. The van der Waals surface area contributed by atoms with Crippen molar-refractivity contribution in [2.75, 3.05) is 11.1 Å². The number of fused-ring (bicyclic) bond motifs is 2. The lowest BCUT2D eigenvalue weighted by Gasteiger charge is -2.00. The molecule has 3 N–H and O–H groups in total. The second-order valence-corrected chi connectivity index (χ2v) is 7.12. The van der Waals surface area contributed by atoms with Crippen LogP contribution in [-0.2, 0) is 4.79 Å². The molecule has 0 saturated heterocycles. The van der Waals surface area contributed by atoms with Crippen molar-refractivity contribution in [2.24, 2.45) is 5.92 Å². The first-order valence-corrected chi connectivity index (χ1v) is 8.93. The zero-order valence-corrected chi connectivity index (χ0v) is 14.3. The molecule has 130 valence electrons. The Labute approximate surface area is 151 Å². The molecule has 0 spiro atoms. The van der Waals surface area contributed by atoms with Crippen LogP contribution in [0.1, 0.15) is 12.8 Å². The highest BCUT2D eigenvalue weighted by atomic mass is 32.2. The SMILES string of the molecule is Nc1ccn2c(Sc3ccc4nc(NC(=O)C5CC5)cn4n3)nnc2c1. The molecule has 10 heteroatoms. The van der Waals surface area contributed by atoms with Crippen LogP contribution in [0.5, 0.6) is 0 Å². The number of carbonyl (C=O) groups is 1. The molecule has 5 rings (SSSR count). The first-order chi connectivity index (χ1) is 12.7. The van der Waals surface area contributed by atoms with Crippen LogP contribution in [0, 0.1) is 5.92 Å². The van der Waals surface area contributed by atoms with Gasteiger partial charge in [0, 0.05) is 23.9 Å². The van der Waals surface area contributed by atoms with Crippen LogP contribution in [0.3, 0.4) is 0 Å². The zero-order chi connectivity index (χ0) is 17.7. The standard InChI is InChI=1S/C16H14N8OS/c17-10-5-6-23-13(7-10)20-21-16(23)26-14-4-3-12-18-11(8-24(12)22-14)19-15(25)9-1-2-9/h3-9H,1-2,17H2,(H,19,25). The topological polar surface area (TPSA) is 116 Å². The Morgan fingerprint density at radius 2 is 2.12 bits per heavy atom. The number of imidazole rings is 1. The van der Waals surface area contributed by atoms with Gasteiger partial charge in [0.1, 0.15) is 5.03 Å². The molecule has 1 aliphatic rings. The molecule has 1 fully saturated rings. The van der Waals surface area contributed by atoms with E-state index in [4.69, 9.17) is 5.73 Å². The van der Waals surface area contributed by atoms with E-state index >= 15 is 0 Å². The molecule has 0 atom stereocenters. The number of hydrogen-bond acceptors (Lipinski definition) is 7. The molecule has 4 heterocycles. The van der Waals surface area contributed by atoms with Gasteiger partial charge in [0.25, 0.3) is 0 Å². The van der Waals surface area contributed by atoms with Gasteiger partial charge in [0.2, 0.25) is 11.1 Å². The molecule has 0 unspecified atom stereocenters. The Kier molecular flexibility index (Phi) is 3.32. The quantitative estimate of drug-likeness (QED) is 0.566. The van der Waals surface area contributed by atoms with Crippen molar-refractivity contribution < 1.29 is 4.79 Å². The van der Waals surface area contributed by atoms with Gasteiger partial charge in [-0.3, -0.25) is 9.20 Å². The molecule has 9 nitrogen and oxygen atoms in total. The number of nitrogens with zero attached hydrogens (tertiary/aromatic N) is 6. The Bertz CT molecular complexity index is 1150. The maximum absolute atomic E-state index is 11.9. The molecule has 1 saturated carbocycles. The van der Waals surface area contributed by atoms with Crippen LogP contribution >= 0.6 is 11.8 Å². The van der Waals surface area contributed by atoms with Crippen molar-refractivity contribution in [1.82, 2.24) is 29.2 Å². The Morgan fingerprint density at radius 1 is 1.23 bits per heavy atom. The van der Waals surface area contributed by atoms with E-state index in [-0.39, 0.29) is 11.8 Å². The number of aromatic nitrogens is 6. The van der Waals surface area contributed by atoms with Crippen LogP contribution in [0.15, 0.2) is 46.8 Å². The van der Waals surface area contributed by atoms with Gasteiger partial charge in [-0.2, -0.15) is 5.10 Å². The number of pyridine rings is 1. The Hall–Kier alpha value is -3.14. The number of amides is 1. The lowest BCUT2D eigenvalue weighted by Crippen LogP contribution is -2.13. The average Bonchev–Trinajstić information content (AvgIpc) is 3.30. The van der Waals surface area contributed by atoms with Gasteiger partial charge in [-0.1, -0.05) is 0 Å². The Morgan fingerprint density at radius 3 is 2.96 bits per heavy atom. The Balaban J connectivity index is 1.42. The highest BCUT2D eigenvalue weighted by Gasteiger charge is 2.30. The number of hydrogen-bond donors (Lipinski definition) is 2. The van der Waals surface area contributed by atoms with E-state index in [1.807, 2.05) is 22.7 Å². The zero-order valence-electron chi connectivity index (χ0n) is 13.5. The molecule has 1 aliphatic carbocycles. The van der Waals surface area contributed by atoms with Gasteiger partial charge in [0.15, 0.2) is 17.1 Å². The van der Waals surface area contributed by atoms with Crippen molar-refractivity contribution in [2.45, 2.75) is 23.0 Å². The minimum Gasteiger partial charge on any atom is -0.399 e. The maximum Gasteiger partial charge on any atom is 0.228 e. The van der Waals surface area contributed by atoms with Crippen LogP contribution in [0.2, 0.25) is 0 Å². The third-order valence-electron chi connectivity index (χ3n) is 4.09. The molecule has 0 aliphatic heterocycles. The van der Waals surface area contributed by atoms with Crippen molar-refractivity contribution in [1.29, 1.82) is 0 Å². The molecule has 4 aromatic heterocycles. The number of nitrogens with one attached hydrogen (secondary N) is 1. The normalized spacial score (nSPS) is 14.2. The predicted octanol–water partition coefficient (Wildman–Crippen LogP) is 1.85. The minimum absolute atomic E-state index is 0.0252. The number of carbonyl (C=O) groups excluding carboxylic acids is 1. The number of anilines is 2. The van der Waals surface area contributed by atoms with E-state index in [9.17, 15) is 4.79 Å². The van der Waals surface area contributed by atoms with Crippen LogP contribution < -0.4 is 11.1 Å². The second-order valence-electron chi connectivity index (χ2n) is 6.14. The third kappa shape index (κ3) is 2.73. The summed E-state index contributed by atoms with van der Waals surface area (Å²) in [4.78, 5) is 16.2. The summed E-state index contributed by atoms with van der Waals surface area (Å²) in [6, 6.07) is 7.27. The monoisotopic (exact) mass is 366 g/mol. The van der Waals surface area contributed by atoms with Gasteiger partial charge in [-0.15, -0.1) is 10.2 Å². The van der Waals surface area contributed by atoms with Crippen molar-refractivity contribution in [3.8, 4) is 0 Å². The molecular formula is C16H14N8OS. The van der Waals surface area contributed by atoms with E-state index in [0.717, 1.165) is 17.9 Å². The van der Waals surface area contributed by atoms with Gasteiger partial charge in [-0.25, -0.2) is 9.50 Å². The summed E-state index contributed by atoms with van der Waals surface area (Å²) in [6.07, 6.45) is 5.45. The smallest absolute Gasteiger partial charge is 0.228 e. The molecule has 0 radical (unpaired) electrons. The molecule has 4 aromatic rings. The van der Waals surface area contributed by atoms with E-state index in [1.165, 1.54) is 11.8 Å². The van der Waals surface area contributed by atoms with Crippen LogP contribution in [0.25, 0.3) is 11.3 Å². The fraction of sp³-hybridized carbons (Fsp3) is 0.188. The van der Waals surface area contributed by atoms with Gasteiger partial charge in [0.05, 0.1) is 6.20 Å². The minimum atomic E-state index is 0.0252. The lowest BCUT2D eigenvalue weighted by atomic mass is 10.4. The predicted molar refractivity (Wildman–Crippen MR) is 95.9 cm³/mol. The number of nitrogen functional groups attached to an aromatic ring is 1. The summed E-state index contributed by atoms with van der Waals surface area (Å²) in [7, 11) is 0. The van der Waals surface area contributed by atoms with Crippen molar-refractivity contribution in [3.05, 3.63) is 36.7 Å². The third-order valence-corrected chi connectivity index (χ3v) is 4.98. The summed E-state index contributed by atoms with van der Waals surface area (Å²) in [5, 5.41) is 17.1. The molecular weight excluding hydrogens is 352 g/mol. The fourth-order valence-electron chi connectivity index (χ4n) is 2.60. The largest absolute Gasteiger partial charge is 0.399 e. The maximum atomic E-state index is 11.9. The summed E-state index contributed by atoms with van der Waals surface area (Å²) in [5.41, 5.74) is 7.75. The molecule has 0 bridgehead atoms. The number of rotatable bonds is 4. The summed E-state index contributed by atoms with van der Waals surface area (Å²) < 4.78 is 3.49. The van der Waals surface area contributed by atoms with E-state index in [2.05, 4.69) is 25.6 Å². The molecule has 0 aromatic carbocycles. The van der Waals surface area contributed by atoms with Crippen LogP contribution in [-0.4, -0.2) is 35.1 Å². The van der Waals surface area contributed by atoms with E-state index in [1.54, 1.807) is 22.8 Å². The van der Waals surface area contributed by atoms with E-state index in [0.29, 0.717) is 28.0 Å². The first-order valence-electron chi connectivity index (χ1n) is 8.11. The fourth-order valence-corrected chi connectivity index (χ4v) is 3.39. The van der Waals surface area contributed by atoms with Crippen molar-refractivity contribution in [3.63, 3.8) is 0 Å².